The molecule has 2 aliphatic rings. The fourth-order valence-corrected chi connectivity index (χ4v) is 4.16. The van der Waals surface area contributed by atoms with Crippen LogP contribution >= 0.6 is 0 Å². The summed E-state index contributed by atoms with van der Waals surface area (Å²) in [5.74, 6) is -1.16. The van der Waals surface area contributed by atoms with Crippen molar-refractivity contribution in [2.45, 2.75) is 52.0 Å². The van der Waals surface area contributed by atoms with E-state index >= 15 is 0 Å². The van der Waals surface area contributed by atoms with Crippen molar-refractivity contribution < 1.29 is 14.4 Å². The second-order valence-corrected chi connectivity index (χ2v) is 8.12. The molecule has 2 aliphatic heterocycles. The van der Waals surface area contributed by atoms with Gasteiger partial charge in [-0.3, -0.25) is 19.3 Å². The largest absolute Gasteiger partial charge is 0.354 e. The lowest BCUT2D eigenvalue weighted by molar-refractivity contribution is -0.126. The van der Waals surface area contributed by atoms with E-state index in [1.165, 1.54) is 25.7 Å². The molecule has 1 aromatic carbocycles. The molecular formula is C22H31N3O3. The molecule has 6 nitrogen and oxygen atoms in total. The first-order valence-electron chi connectivity index (χ1n) is 10.5. The van der Waals surface area contributed by atoms with E-state index in [1.54, 1.807) is 24.3 Å². The van der Waals surface area contributed by atoms with Gasteiger partial charge < -0.3 is 10.2 Å². The number of nitrogens with one attached hydrogen (secondary N) is 1. The Kier molecular flexibility index (Phi) is 6.83. The van der Waals surface area contributed by atoms with E-state index < -0.39 is 6.04 Å². The first kappa shape index (κ1) is 20.5. The quantitative estimate of drug-likeness (QED) is 0.579. The predicted octanol–water partition coefficient (Wildman–Crippen LogP) is 2.69. The van der Waals surface area contributed by atoms with Gasteiger partial charge in [0.2, 0.25) is 5.91 Å². The molecule has 1 N–H and O–H groups in total. The second kappa shape index (κ2) is 9.32. The molecule has 0 radical (unpaired) electrons. The van der Waals surface area contributed by atoms with Gasteiger partial charge in [0.25, 0.3) is 11.8 Å². The van der Waals surface area contributed by atoms with E-state index in [4.69, 9.17) is 0 Å². The molecule has 3 rings (SSSR count). The van der Waals surface area contributed by atoms with Crippen LogP contribution in [0, 0.1) is 5.92 Å². The van der Waals surface area contributed by atoms with Crippen LogP contribution in [0.2, 0.25) is 0 Å². The van der Waals surface area contributed by atoms with Crippen LogP contribution < -0.4 is 5.32 Å². The van der Waals surface area contributed by atoms with E-state index in [0.29, 0.717) is 17.7 Å². The normalized spacial score (nSPS) is 18.9. The van der Waals surface area contributed by atoms with Crippen molar-refractivity contribution in [1.82, 2.24) is 15.1 Å². The number of carbonyl (C=O) groups excluding carboxylic acids is 3. The Labute approximate surface area is 167 Å². The minimum absolute atomic E-state index is 0.159. The van der Waals surface area contributed by atoms with Gasteiger partial charge in [0, 0.05) is 6.54 Å². The topological polar surface area (TPSA) is 69.7 Å². The van der Waals surface area contributed by atoms with Gasteiger partial charge in [-0.1, -0.05) is 38.8 Å². The molecule has 3 amide bonds. The summed E-state index contributed by atoms with van der Waals surface area (Å²) in [6.45, 7) is 7.53. The highest BCUT2D eigenvalue weighted by molar-refractivity contribution is 6.22. The highest BCUT2D eigenvalue weighted by Gasteiger charge is 2.43. The molecule has 0 aromatic heterocycles. The minimum Gasteiger partial charge on any atom is -0.354 e. The van der Waals surface area contributed by atoms with Crippen molar-refractivity contribution in [2.75, 3.05) is 26.2 Å². The Bertz CT molecular complexity index is 688. The summed E-state index contributed by atoms with van der Waals surface area (Å²) in [7, 11) is 0. The Morgan fingerprint density at radius 3 is 2.11 bits per heavy atom. The number of rotatable bonds is 7. The molecule has 152 valence electrons. The maximum Gasteiger partial charge on any atom is 0.262 e. The first-order chi connectivity index (χ1) is 13.5. The van der Waals surface area contributed by atoms with Gasteiger partial charge >= 0.3 is 0 Å². The van der Waals surface area contributed by atoms with Crippen LogP contribution in [0.15, 0.2) is 24.3 Å². The molecule has 1 aromatic rings. The minimum atomic E-state index is -0.786. The van der Waals surface area contributed by atoms with Crippen molar-refractivity contribution in [1.29, 1.82) is 0 Å². The Hall–Kier alpha value is -2.21. The Balaban J connectivity index is 1.57. The average molecular weight is 386 g/mol. The number of hydrogen-bond donors (Lipinski definition) is 1. The van der Waals surface area contributed by atoms with E-state index in [9.17, 15) is 14.4 Å². The summed E-state index contributed by atoms with van der Waals surface area (Å²) < 4.78 is 0. The van der Waals surface area contributed by atoms with Crippen LogP contribution in [0.5, 0.6) is 0 Å². The molecule has 0 bridgehead atoms. The van der Waals surface area contributed by atoms with Crippen LogP contribution in [-0.4, -0.2) is 59.7 Å². The van der Waals surface area contributed by atoms with Gasteiger partial charge in [-0.25, -0.2) is 0 Å². The maximum absolute atomic E-state index is 12.8. The molecule has 1 unspecified atom stereocenters. The monoisotopic (exact) mass is 385 g/mol. The smallest absolute Gasteiger partial charge is 0.262 e. The highest BCUT2D eigenvalue weighted by Crippen LogP contribution is 2.27. The average Bonchev–Trinajstić information content (AvgIpc) is 2.87. The molecule has 1 atom stereocenters. The molecule has 28 heavy (non-hydrogen) atoms. The molecule has 0 spiro atoms. The van der Waals surface area contributed by atoms with E-state index in [1.807, 2.05) is 13.8 Å². The number of imide groups is 1. The van der Waals surface area contributed by atoms with E-state index in [-0.39, 0.29) is 23.6 Å². The summed E-state index contributed by atoms with van der Waals surface area (Å²) in [5, 5.41) is 2.95. The summed E-state index contributed by atoms with van der Waals surface area (Å²) in [5.41, 5.74) is 0.763. The van der Waals surface area contributed by atoms with E-state index in [2.05, 4.69) is 10.2 Å². The molecule has 0 saturated carbocycles. The van der Waals surface area contributed by atoms with Gasteiger partial charge in [-0.05, 0) is 56.9 Å². The summed E-state index contributed by atoms with van der Waals surface area (Å²) >= 11 is 0. The number of benzene rings is 1. The Morgan fingerprint density at radius 1 is 1.00 bits per heavy atom. The molecule has 0 aliphatic carbocycles. The van der Waals surface area contributed by atoms with Crippen molar-refractivity contribution in [3.63, 3.8) is 0 Å². The molecule has 2 heterocycles. The number of carbonyl (C=O) groups is 3. The number of amides is 3. The SMILES string of the molecule is CC(C)C(C(=O)NCCCN1CCCCCC1)N1C(=O)c2ccccc2C1=O. The van der Waals surface area contributed by atoms with E-state index in [0.717, 1.165) is 31.0 Å². The number of hydrogen-bond acceptors (Lipinski definition) is 4. The van der Waals surface area contributed by atoms with Gasteiger partial charge in [-0.15, -0.1) is 0 Å². The number of nitrogens with zero attached hydrogens (tertiary/aromatic N) is 2. The second-order valence-electron chi connectivity index (χ2n) is 8.12. The number of likely N-dealkylation sites (tertiary alicyclic amines) is 1. The molecule has 1 fully saturated rings. The van der Waals surface area contributed by atoms with Gasteiger partial charge in [-0.2, -0.15) is 0 Å². The highest BCUT2D eigenvalue weighted by atomic mass is 16.2. The fraction of sp³-hybridized carbons (Fsp3) is 0.591. The lowest BCUT2D eigenvalue weighted by Gasteiger charge is -2.28. The maximum atomic E-state index is 12.8. The summed E-state index contributed by atoms with van der Waals surface area (Å²) in [4.78, 5) is 41.9. The van der Waals surface area contributed by atoms with Crippen molar-refractivity contribution in [2.24, 2.45) is 5.92 Å². The van der Waals surface area contributed by atoms with Crippen molar-refractivity contribution in [3.8, 4) is 0 Å². The van der Waals surface area contributed by atoms with Crippen molar-refractivity contribution in [3.05, 3.63) is 35.4 Å². The number of fused-ring (bicyclic) bond motifs is 1. The third kappa shape index (κ3) is 4.43. The zero-order valence-electron chi connectivity index (χ0n) is 16.9. The third-order valence-corrected chi connectivity index (χ3v) is 5.65. The van der Waals surface area contributed by atoms with Crippen LogP contribution in [0.3, 0.4) is 0 Å². The molecule has 6 heteroatoms. The lowest BCUT2D eigenvalue weighted by Crippen LogP contribution is -2.52. The standard InChI is InChI=1S/C22H31N3O3/c1-16(2)19(25-21(27)17-10-5-6-11-18(17)22(25)28)20(26)23-12-9-15-24-13-7-3-4-8-14-24/h5-6,10-11,16,19H,3-4,7-9,12-15H2,1-2H3,(H,23,26). The lowest BCUT2D eigenvalue weighted by atomic mass is 10.0. The zero-order chi connectivity index (χ0) is 20.1. The first-order valence-corrected chi connectivity index (χ1v) is 10.5. The summed E-state index contributed by atoms with van der Waals surface area (Å²) in [6, 6.07) is 5.98. The zero-order valence-corrected chi connectivity index (χ0v) is 16.9. The van der Waals surface area contributed by atoms with Gasteiger partial charge in [0.15, 0.2) is 0 Å². The van der Waals surface area contributed by atoms with Crippen LogP contribution in [0.4, 0.5) is 0 Å². The summed E-state index contributed by atoms with van der Waals surface area (Å²) in [6.07, 6.45) is 5.99. The predicted molar refractivity (Wildman–Crippen MR) is 108 cm³/mol. The van der Waals surface area contributed by atoms with Gasteiger partial charge in [0.05, 0.1) is 11.1 Å². The Morgan fingerprint density at radius 2 is 1.57 bits per heavy atom. The van der Waals surface area contributed by atoms with Gasteiger partial charge in [0.1, 0.15) is 6.04 Å². The fourth-order valence-electron chi connectivity index (χ4n) is 4.16. The molecular weight excluding hydrogens is 354 g/mol. The molecule has 1 saturated heterocycles. The van der Waals surface area contributed by atoms with Crippen LogP contribution in [-0.2, 0) is 4.79 Å². The van der Waals surface area contributed by atoms with Crippen molar-refractivity contribution >= 4 is 17.7 Å². The van der Waals surface area contributed by atoms with Crippen LogP contribution in [0.1, 0.15) is 66.7 Å². The third-order valence-electron chi connectivity index (χ3n) is 5.65. The van der Waals surface area contributed by atoms with Crippen LogP contribution in [0.25, 0.3) is 0 Å².